The van der Waals surface area contributed by atoms with E-state index < -0.39 is 0 Å². The van der Waals surface area contributed by atoms with Gasteiger partial charge in [-0.1, -0.05) is 38.5 Å². The van der Waals surface area contributed by atoms with Crippen LogP contribution in [0.1, 0.15) is 49.8 Å². The normalized spacial score (nSPS) is 22.9. The second-order valence-corrected chi connectivity index (χ2v) is 6.17. The highest BCUT2D eigenvalue weighted by atomic mass is 14.9. The Morgan fingerprint density at radius 3 is 2.71 bits per heavy atom. The Morgan fingerprint density at radius 1 is 1.29 bits per heavy atom. The summed E-state index contributed by atoms with van der Waals surface area (Å²) >= 11 is 0. The van der Waals surface area contributed by atoms with Crippen LogP contribution in [0.2, 0.25) is 0 Å². The van der Waals surface area contributed by atoms with Crippen molar-refractivity contribution in [1.29, 1.82) is 0 Å². The Hall–Kier alpha value is -0.820. The zero-order valence-electron chi connectivity index (χ0n) is 11.6. The molecular weight excluding hydrogens is 206 g/mol. The van der Waals surface area contributed by atoms with Crippen LogP contribution in [0.15, 0.2) is 18.2 Å². The van der Waals surface area contributed by atoms with Crippen molar-refractivity contribution in [2.45, 2.75) is 59.5 Å². The molecule has 0 aromatic heterocycles. The molecule has 1 aromatic carbocycles. The molecule has 1 atom stereocenters. The average Bonchev–Trinajstić information content (AvgIpc) is 2.60. The summed E-state index contributed by atoms with van der Waals surface area (Å²) in [6, 6.07) is 7.29. The van der Waals surface area contributed by atoms with Gasteiger partial charge in [-0.05, 0) is 48.8 Å². The molecule has 0 amide bonds. The predicted molar refractivity (Wildman–Crippen MR) is 74.2 cm³/mol. The zero-order chi connectivity index (χ0) is 12.5. The van der Waals surface area contributed by atoms with Gasteiger partial charge in [-0.2, -0.15) is 0 Å². The lowest BCUT2D eigenvalue weighted by Gasteiger charge is -2.28. The molecule has 0 spiro atoms. The largest absolute Gasteiger partial charge is 0.309 e. The number of hydrogen-bond acceptors (Lipinski definition) is 1. The first-order chi connectivity index (χ1) is 8.00. The molecule has 1 nitrogen and oxygen atoms in total. The van der Waals surface area contributed by atoms with E-state index in [1.807, 2.05) is 0 Å². The number of aryl methyl sites for hydroxylation is 1. The molecule has 0 radical (unpaired) electrons. The highest BCUT2D eigenvalue weighted by molar-refractivity contribution is 5.33. The molecule has 1 saturated carbocycles. The first-order valence-electron chi connectivity index (χ1n) is 6.79. The third-order valence-electron chi connectivity index (χ3n) is 4.51. The quantitative estimate of drug-likeness (QED) is 0.830. The molecule has 1 aliphatic rings. The molecule has 17 heavy (non-hydrogen) atoms. The maximum absolute atomic E-state index is 3.76. The van der Waals surface area contributed by atoms with Crippen molar-refractivity contribution in [1.82, 2.24) is 5.32 Å². The minimum Gasteiger partial charge on any atom is -0.309 e. The smallest absolute Gasteiger partial charge is 0.0211 e. The Labute approximate surface area is 106 Å². The summed E-state index contributed by atoms with van der Waals surface area (Å²) in [6.07, 6.45) is 4.06. The van der Waals surface area contributed by atoms with Gasteiger partial charge < -0.3 is 5.32 Å². The van der Waals surface area contributed by atoms with Gasteiger partial charge in [-0.25, -0.2) is 0 Å². The molecule has 1 aliphatic carbocycles. The highest BCUT2D eigenvalue weighted by Gasteiger charge is 2.33. The van der Waals surface area contributed by atoms with Gasteiger partial charge in [0.1, 0.15) is 0 Å². The molecular formula is C16H25N. The Kier molecular flexibility index (Phi) is 3.58. The fourth-order valence-electron chi connectivity index (χ4n) is 2.94. The summed E-state index contributed by atoms with van der Waals surface area (Å²) in [6.45, 7) is 10.2. The summed E-state index contributed by atoms with van der Waals surface area (Å²) in [5.41, 5.74) is 4.76. The lowest BCUT2D eigenvalue weighted by molar-refractivity contribution is 0.282. The third kappa shape index (κ3) is 2.71. The van der Waals surface area contributed by atoms with Gasteiger partial charge in [-0.15, -0.1) is 0 Å². The number of nitrogens with one attached hydrogen (secondary N) is 1. The highest BCUT2D eigenvalue weighted by Crippen LogP contribution is 2.37. The van der Waals surface area contributed by atoms with Crippen molar-refractivity contribution in [3.05, 3.63) is 34.9 Å². The Morgan fingerprint density at radius 2 is 2.06 bits per heavy atom. The molecule has 1 fully saturated rings. The van der Waals surface area contributed by atoms with E-state index >= 15 is 0 Å². The molecule has 1 aromatic rings. The fourth-order valence-corrected chi connectivity index (χ4v) is 2.94. The van der Waals surface area contributed by atoms with Gasteiger partial charge in [0, 0.05) is 12.6 Å². The fraction of sp³-hybridized carbons (Fsp3) is 0.625. The van der Waals surface area contributed by atoms with E-state index in [1.54, 1.807) is 0 Å². The van der Waals surface area contributed by atoms with Crippen molar-refractivity contribution in [2.75, 3.05) is 0 Å². The lowest BCUT2D eigenvalue weighted by Crippen LogP contribution is -2.37. The van der Waals surface area contributed by atoms with E-state index in [0.717, 1.165) is 6.54 Å². The summed E-state index contributed by atoms with van der Waals surface area (Å²) in [5, 5.41) is 3.76. The first kappa shape index (κ1) is 12.6. The lowest BCUT2D eigenvalue weighted by atomic mass is 9.87. The van der Waals surface area contributed by atoms with Gasteiger partial charge in [0.05, 0.1) is 0 Å². The summed E-state index contributed by atoms with van der Waals surface area (Å²) in [4.78, 5) is 0. The van der Waals surface area contributed by atoms with Crippen molar-refractivity contribution in [2.24, 2.45) is 5.41 Å². The van der Waals surface area contributed by atoms with E-state index in [4.69, 9.17) is 0 Å². The molecule has 1 heteroatoms. The van der Waals surface area contributed by atoms with Gasteiger partial charge in [0.25, 0.3) is 0 Å². The van der Waals surface area contributed by atoms with Crippen LogP contribution in [0.3, 0.4) is 0 Å². The minimum absolute atomic E-state index is 0.470. The number of rotatable bonds is 3. The van der Waals surface area contributed by atoms with Gasteiger partial charge >= 0.3 is 0 Å². The van der Waals surface area contributed by atoms with Gasteiger partial charge in [-0.3, -0.25) is 0 Å². The Balaban J connectivity index is 2.01. The van der Waals surface area contributed by atoms with Crippen LogP contribution in [0.25, 0.3) is 0 Å². The van der Waals surface area contributed by atoms with Crippen LogP contribution >= 0.6 is 0 Å². The van der Waals surface area contributed by atoms with Crippen LogP contribution in [0, 0.1) is 19.3 Å². The van der Waals surface area contributed by atoms with Crippen molar-refractivity contribution in [3.63, 3.8) is 0 Å². The van der Waals surface area contributed by atoms with Crippen molar-refractivity contribution >= 4 is 0 Å². The monoisotopic (exact) mass is 231 g/mol. The van der Waals surface area contributed by atoms with E-state index in [9.17, 15) is 0 Å². The minimum atomic E-state index is 0.470. The van der Waals surface area contributed by atoms with Crippen LogP contribution in [0.5, 0.6) is 0 Å². The van der Waals surface area contributed by atoms with E-state index in [0.29, 0.717) is 11.5 Å². The summed E-state index contributed by atoms with van der Waals surface area (Å²) in [7, 11) is 0. The maximum Gasteiger partial charge on any atom is 0.0211 e. The molecule has 0 aliphatic heterocycles. The first-order valence-corrected chi connectivity index (χ1v) is 6.79. The molecule has 0 bridgehead atoms. The SMILES string of the molecule is Cc1cccc(CNC2CCCC2(C)C)c1C. The second-order valence-electron chi connectivity index (χ2n) is 6.17. The number of benzene rings is 1. The maximum atomic E-state index is 3.76. The summed E-state index contributed by atoms with van der Waals surface area (Å²) < 4.78 is 0. The van der Waals surface area contributed by atoms with E-state index in [1.165, 1.54) is 36.0 Å². The molecule has 1 unspecified atom stereocenters. The van der Waals surface area contributed by atoms with Gasteiger partial charge in [0.2, 0.25) is 0 Å². The van der Waals surface area contributed by atoms with E-state index in [2.05, 4.69) is 51.2 Å². The molecule has 1 N–H and O–H groups in total. The van der Waals surface area contributed by atoms with Crippen molar-refractivity contribution < 1.29 is 0 Å². The second kappa shape index (κ2) is 4.81. The van der Waals surface area contributed by atoms with Crippen LogP contribution < -0.4 is 5.32 Å². The third-order valence-corrected chi connectivity index (χ3v) is 4.51. The summed E-state index contributed by atoms with van der Waals surface area (Å²) in [5.74, 6) is 0. The molecule has 0 saturated heterocycles. The molecule has 2 rings (SSSR count). The molecule has 0 heterocycles. The predicted octanol–water partition coefficient (Wildman–Crippen LogP) is 3.97. The average molecular weight is 231 g/mol. The number of hydrogen-bond donors (Lipinski definition) is 1. The van der Waals surface area contributed by atoms with Crippen LogP contribution in [-0.2, 0) is 6.54 Å². The standard InChI is InChI=1S/C16H25N/c1-12-7-5-8-14(13(12)2)11-17-15-9-6-10-16(15,3)4/h5,7-8,15,17H,6,9-11H2,1-4H3. The Bertz CT molecular complexity index is 393. The van der Waals surface area contributed by atoms with Crippen molar-refractivity contribution in [3.8, 4) is 0 Å². The topological polar surface area (TPSA) is 12.0 Å². The van der Waals surface area contributed by atoms with Crippen LogP contribution in [-0.4, -0.2) is 6.04 Å². The van der Waals surface area contributed by atoms with Gasteiger partial charge in [0.15, 0.2) is 0 Å². The van der Waals surface area contributed by atoms with Crippen LogP contribution in [0.4, 0.5) is 0 Å². The molecule has 94 valence electrons. The zero-order valence-corrected chi connectivity index (χ0v) is 11.6. The van der Waals surface area contributed by atoms with E-state index in [-0.39, 0.29) is 0 Å².